The summed E-state index contributed by atoms with van der Waals surface area (Å²) < 4.78 is 5.33. The highest BCUT2D eigenvalue weighted by Gasteiger charge is 2.18. The molecule has 2 N–H and O–H groups in total. The highest BCUT2D eigenvalue weighted by atomic mass is 32.2. The van der Waals surface area contributed by atoms with Gasteiger partial charge in [0.25, 0.3) is 0 Å². The van der Waals surface area contributed by atoms with Gasteiger partial charge in [0.05, 0.1) is 18.7 Å². The van der Waals surface area contributed by atoms with Gasteiger partial charge in [-0.1, -0.05) is 18.2 Å². The van der Waals surface area contributed by atoms with Gasteiger partial charge in [-0.05, 0) is 6.07 Å². The van der Waals surface area contributed by atoms with E-state index in [0.717, 1.165) is 48.8 Å². The first kappa shape index (κ1) is 14.7. The maximum Gasteiger partial charge on any atom is 0.117 e. The van der Waals surface area contributed by atoms with E-state index in [0.29, 0.717) is 5.75 Å². The van der Waals surface area contributed by atoms with E-state index in [4.69, 9.17) is 4.74 Å². The Morgan fingerprint density at radius 3 is 2.90 bits per heavy atom. The molecule has 2 aromatic rings. The Hall–Kier alpha value is -1.21. The quantitative estimate of drug-likeness (QED) is 0.601. The highest BCUT2D eigenvalue weighted by Crippen LogP contribution is 2.24. The van der Waals surface area contributed by atoms with Crippen LogP contribution >= 0.6 is 11.8 Å². The Morgan fingerprint density at radius 1 is 1.24 bits per heavy atom. The Balaban J connectivity index is 1.58. The number of hydrogen-bond acceptors (Lipinski definition) is 5. The number of morpholine rings is 1. The summed E-state index contributed by atoms with van der Waals surface area (Å²) in [5, 5.41) is 12.2. The normalized spacial score (nSPS) is 18.0. The molecule has 0 amide bonds. The minimum absolute atomic E-state index is 0.322. The number of aliphatic hydroxyl groups is 1. The zero-order valence-electron chi connectivity index (χ0n) is 11.9. The summed E-state index contributed by atoms with van der Waals surface area (Å²) in [6.07, 6.45) is 1.27. The minimum Gasteiger partial charge on any atom is -0.386 e. The molecule has 3 rings (SSSR count). The molecule has 112 valence electrons. The average Bonchev–Trinajstić information content (AvgIpc) is 2.54. The first-order valence-corrected chi connectivity index (χ1v) is 8.23. The predicted octanol–water partition coefficient (Wildman–Crippen LogP) is -0.00210. The summed E-state index contributed by atoms with van der Waals surface area (Å²) in [6, 6.07) is 7.97. The molecule has 0 bridgehead atoms. The molecular weight excluding hydrogens is 286 g/mol. The largest absolute Gasteiger partial charge is 0.386 e. The van der Waals surface area contributed by atoms with E-state index in [1.165, 1.54) is 4.90 Å². The van der Waals surface area contributed by atoms with Gasteiger partial charge in [-0.25, -0.2) is 9.97 Å². The van der Waals surface area contributed by atoms with E-state index in [-0.39, 0.29) is 6.10 Å². The Labute approximate surface area is 128 Å². The van der Waals surface area contributed by atoms with Crippen LogP contribution in [-0.2, 0) is 4.74 Å². The van der Waals surface area contributed by atoms with Crippen LogP contribution < -0.4 is 4.90 Å². The zero-order chi connectivity index (χ0) is 14.5. The smallest absolute Gasteiger partial charge is 0.117 e. The fraction of sp³-hybridized carbons (Fsp3) is 0.467. The predicted molar refractivity (Wildman–Crippen MR) is 82.7 cm³/mol. The third-order valence-corrected chi connectivity index (χ3v) is 4.79. The second-order valence-electron chi connectivity index (χ2n) is 5.23. The number of aromatic nitrogens is 2. The molecule has 2 heterocycles. The van der Waals surface area contributed by atoms with E-state index in [9.17, 15) is 5.11 Å². The summed E-state index contributed by atoms with van der Waals surface area (Å²) in [4.78, 5) is 10.0. The number of fused-ring (bicyclic) bond motifs is 1. The lowest BCUT2D eigenvalue weighted by Gasteiger charge is -2.25. The van der Waals surface area contributed by atoms with Crippen LogP contribution in [0, 0.1) is 0 Å². The molecule has 0 saturated carbocycles. The van der Waals surface area contributed by atoms with Gasteiger partial charge in [-0.2, -0.15) is 0 Å². The van der Waals surface area contributed by atoms with Crippen LogP contribution in [0.1, 0.15) is 0 Å². The third-order valence-electron chi connectivity index (χ3n) is 3.64. The van der Waals surface area contributed by atoms with Gasteiger partial charge in [0, 0.05) is 11.1 Å². The lowest BCUT2D eigenvalue weighted by molar-refractivity contribution is -0.910. The van der Waals surface area contributed by atoms with E-state index in [1.807, 2.05) is 24.3 Å². The van der Waals surface area contributed by atoms with Gasteiger partial charge >= 0.3 is 0 Å². The molecular formula is C15H20N3O2S+. The minimum atomic E-state index is -0.322. The van der Waals surface area contributed by atoms with Crippen LogP contribution in [0.5, 0.6) is 0 Å². The fourth-order valence-corrected chi connectivity index (χ4v) is 3.44. The average molecular weight is 306 g/mol. The van der Waals surface area contributed by atoms with Gasteiger partial charge in [0.15, 0.2) is 0 Å². The van der Waals surface area contributed by atoms with Crippen molar-refractivity contribution in [3.8, 4) is 0 Å². The number of nitrogens with zero attached hydrogens (tertiary/aromatic N) is 2. The van der Waals surface area contributed by atoms with Crippen molar-refractivity contribution in [3.05, 3.63) is 30.6 Å². The maximum atomic E-state index is 10.2. The van der Waals surface area contributed by atoms with Crippen molar-refractivity contribution >= 4 is 22.7 Å². The standard InChI is InChI=1S/C15H19N3O2S/c19-12(9-18-5-7-20-8-6-18)10-21-15-13-3-1-2-4-14(13)16-11-17-15/h1-4,11-12,19H,5-10H2/p+1/t12-/m0/s1. The van der Waals surface area contributed by atoms with Gasteiger partial charge in [0.1, 0.15) is 37.1 Å². The molecule has 0 unspecified atom stereocenters. The van der Waals surface area contributed by atoms with Crippen LogP contribution in [0.4, 0.5) is 0 Å². The monoisotopic (exact) mass is 306 g/mol. The number of aliphatic hydroxyl groups excluding tert-OH is 1. The lowest BCUT2D eigenvalue weighted by atomic mass is 10.2. The molecule has 1 aromatic carbocycles. The number of thioether (sulfide) groups is 1. The van der Waals surface area contributed by atoms with Crippen molar-refractivity contribution in [2.75, 3.05) is 38.6 Å². The zero-order valence-corrected chi connectivity index (χ0v) is 12.7. The van der Waals surface area contributed by atoms with Crippen molar-refractivity contribution in [2.24, 2.45) is 0 Å². The second-order valence-corrected chi connectivity index (χ2v) is 6.24. The lowest BCUT2D eigenvalue weighted by Crippen LogP contribution is -3.15. The molecule has 1 saturated heterocycles. The Kier molecular flexibility index (Phi) is 5.03. The molecule has 0 aliphatic carbocycles. The van der Waals surface area contributed by atoms with Gasteiger partial charge in [-0.15, -0.1) is 11.8 Å². The molecule has 21 heavy (non-hydrogen) atoms. The number of ether oxygens (including phenoxy) is 1. The van der Waals surface area contributed by atoms with Crippen molar-refractivity contribution < 1.29 is 14.7 Å². The Morgan fingerprint density at radius 2 is 2.05 bits per heavy atom. The van der Waals surface area contributed by atoms with Crippen molar-refractivity contribution in [1.29, 1.82) is 0 Å². The van der Waals surface area contributed by atoms with Crippen molar-refractivity contribution in [3.63, 3.8) is 0 Å². The third kappa shape index (κ3) is 3.91. The van der Waals surface area contributed by atoms with Crippen molar-refractivity contribution in [1.82, 2.24) is 9.97 Å². The molecule has 6 heteroatoms. The fourth-order valence-electron chi connectivity index (χ4n) is 2.53. The number of rotatable bonds is 5. The van der Waals surface area contributed by atoms with E-state index in [1.54, 1.807) is 18.1 Å². The van der Waals surface area contributed by atoms with Crippen LogP contribution in [0.3, 0.4) is 0 Å². The van der Waals surface area contributed by atoms with Gasteiger partial charge in [0.2, 0.25) is 0 Å². The molecule has 1 aliphatic rings. The topological polar surface area (TPSA) is 59.7 Å². The summed E-state index contributed by atoms with van der Waals surface area (Å²) >= 11 is 1.60. The maximum absolute atomic E-state index is 10.2. The molecule has 1 fully saturated rings. The number of hydrogen-bond donors (Lipinski definition) is 2. The SMILES string of the molecule is O[C@H](CSc1ncnc2ccccc12)C[NH+]1CCOCC1. The molecule has 1 atom stereocenters. The molecule has 0 spiro atoms. The van der Waals surface area contributed by atoms with E-state index < -0.39 is 0 Å². The number of nitrogens with one attached hydrogen (secondary N) is 1. The highest BCUT2D eigenvalue weighted by molar-refractivity contribution is 7.99. The van der Waals surface area contributed by atoms with Gasteiger partial charge in [-0.3, -0.25) is 0 Å². The van der Waals surface area contributed by atoms with Crippen LogP contribution in [0.25, 0.3) is 10.9 Å². The van der Waals surface area contributed by atoms with Crippen molar-refractivity contribution in [2.45, 2.75) is 11.1 Å². The molecule has 0 radical (unpaired) electrons. The molecule has 1 aliphatic heterocycles. The summed E-state index contributed by atoms with van der Waals surface area (Å²) in [5.41, 5.74) is 0.947. The first-order chi connectivity index (χ1) is 10.3. The molecule has 1 aromatic heterocycles. The van der Waals surface area contributed by atoms with E-state index >= 15 is 0 Å². The van der Waals surface area contributed by atoms with Crippen LogP contribution in [-0.4, -0.2) is 59.8 Å². The molecule has 5 nitrogen and oxygen atoms in total. The summed E-state index contributed by atoms with van der Waals surface area (Å²) in [6.45, 7) is 4.34. The Bertz CT molecular complexity index is 585. The summed E-state index contributed by atoms with van der Waals surface area (Å²) in [7, 11) is 0. The second kappa shape index (κ2) is 7.17. The number of para-hydroxylation sites is 1. The first-order valence-electron chi connectivity index (χ1n) is 7.25. The van der Waals surface area contributed by atoms with Crippen LogP contribution in [0.15, 0.2) is 35.6 Å². The van der Waals surface area contributed by atoms with Gasteiger partial charge < -0.3 is 14.7 Å². The number of quaternary nitrogens is 1. The summed E-state index contributed by atoms with van der Waals surface area (Å²) in [5.74, 6) is 0.658. The van der Waals surface area contributed by atoms with Crippen LogP contribution in [0.2, 0.25) is 0 Å². The number of benzene rings is 1. The van der Waals surface area contributed by atoms with E-state index in [2.05, 4.69) is 9.97 Å².